The molecule has 1 amide bonds. The normalized spacial score (nSPS) is 17.5. The SMILES string of the molecule is COc1cc2c(cc1NC(=O)C[C@@H]1CCCO1)oc1ccccc12. The number of para-hydroxylation sites is 1. The molecule has 3 aromatic rings. The number of ether oxygens (including phenoxy) is 2. The number of hydrogen-bond donors (Lipinski definition) is 1. The average Bonchev–Trinajstić information content (AvgIpc) is 3.20. The maximum Gasteiger partial charge on any atom is 0.227 e. The first-order valence-electron chi connectivity index (χ1n) is 8.15. The molecule has 0 saturated carbocycles. The number of carbonyl (C=O) groups is 1. The molecule has 5 heteroatoms. The molecule has 1 fully saturated rings. The van der Waals surface area contributed by atoms with Crippen LogP contribution in [0.5, 0.6) is 5.75 Å². The summed E-state index contributed by atoms with van der Waals surface area (Å²) in [4.78, 5) is 12.3. The van der Waals surface area contributed by atoms with Crippen LogP contribution in [0.2, 0.25) is 0 Å². The highest BCUT2D eigenvalue weighted by Gasteiger charge is 2.20. The van der Waals surface area contributed by atoms with E-state index in [-0.39, 0.29) is 12.0 Å². The van der Waals surface area contributed by atoms with E-state index in [1.165, 1.54) is 0 Å². The molecule has 24 heavy (non-hydrogen) atoms. The van der Waals surface area contributed by atoms with E-state index in [0.717, 1.165) is 41.4 Å². The van der Waals surface area contributed by atoms with Crippen molar-refractivity contribution in [3.05, 3.63) is 36.4 Å². The number of rotatable bonds is 4. The second-order valence-electron chi connectivity index (χ2n) is 6.03. The van der Waals surface area contributed by atoms with Crippen molar-refractivity contribution >= 4 is 33.5 Å². The van der Waals surface area contributed by atoms with Gasteiger partial charge in [-0.05, 0) is 25.0 Å². The lowest BCUT2D eigenvalue weighted by Crippen LogP contribution is -2.19. The van der Waals surface area contributed by atoms with Crippen molar-refractivity contribution in [1.29, 1.82) is 0 Å². The molecule has 5 nitrogen and oxygen atoms in total. The fourth-order valence-electron chi connectivity index (χ4n) is 3.23. The highest BCUT2D eigenvalue weighted by molar-refractivity contribution is 6.07. The van der Waals surface area contributed by atoms with E-state index in [2.05, 4.69) is 5.32 Å². The molecule has 0 bridgehead atoms. The zero-order chi connectivity index (χ0) is 16.5. The molecule has 1 N–H and O–H groups in total. The summed E-state index contributed by atoms with van der Waals surface area (Å²) < 4.78 is 16.8. The number of anilines is 1. The molecule has 2 aromatic carbocycles. The van der Waals surface area contributed by atoms with E-state index in [1.807, 2.05) is 36.4 Å². The van der Waals surface area contributed by atoms with Crippen molar-refractivity contribution in [2.75, 3.05) is 19.0 Å². The Balaban J connectivity index is 1.66. The minimum Gasteiger partial charge on any atom is -0.495 e. The van der Waals surface area contributed by atoms with Gasteiger partial charge in [-0.25, -0.2) is 0 Å². The van der Waals surface area contributed by atoms with Crippen LogP contribution in [0.25, 0.3) is 21.9 Å². The Morgan fingerprint density at radius 3 is 2.92 bits per heavy atom. The van der Waals surface area contributed by atoms with Gasteiger partial charge in [0, 0.05) is 23.4 Å². The third-order valence-electron chi connectivity index (χ3n) is 4.41. The second kappa shape index (κ2) is 6.17. The minimum absolute atomic E-state index is 0.0194. The molecular formula is C19H19NO4. The van der Waals surface area contributed by atoms with Gasteiger partial charge in [-0.2, -0.15) is 0 Å². The highest BCUT2D eigenvalue weighted by Crippen LogP contribution is 2.36. The molecular weight excluding hydrogens is 306 g/mol. The standard InChI is InChI=1S/C19H19NO4/c1-22-18-10-14-13-6-2-3-7-16(13)24-17(14)11-15(18)20-19(21)9-12-5-4-8-23-12/h2-3,6-7,10-12H,4-5,8-9H2,1H3,(H,20,21)/t12-/m0/s1. The van der Waals surface area contributed by atoms with Crippen molar-refractivity contribution in [3.8, 4) is 5.75 Å². The van der Waals surface area contributed by atoms with Gasteiger partial charge in [0.15, 0.2) is 0 Å². The van der Waals surface area contributed by atoms with Crippen molar-refractivity contribution < 1.29 is 18.7 Å². The van der Waals surface area contributed by atoms with E-state index >= 15 is 0 Å². The van der Waals surface area contributed by atoms with E-state index < -0.39 is 0 Å². The maximum absolute atomic E-state index is 12.3. The van der Waals surface area contributed by atoms with Crippen molar-refractivity contribution in [3.63, 3.8) is 0 Å². The molecule has 1 aliphatic rings. The smallest absolute Gasteiger partial charge is 0.227 e. The molecule has 1 saturated heterocycles. The number of carbonyl (C=O) groups excluding carboxylic acids is 1. The second-order valence-corrected chi connectivity index (χ2v) is 6.03. The van der Waals surface area contributed by atoms with Gasteiger partial charge in [0.1, 0.15) is 16.9 Å². The summed E-state index contributed by atoms with van der Waals surface area (Å²) in [5.74, 6) is 0.547. The Hall–Kier alpha value is -2.53. The monoisotopic (exact) mass is 325 g/mol. The van der Waals surface area contributed by atoms with Crippen LogP contribution in [0.3, 0.4) is 0 Å². The quantitative estimate of drug-likeness (QED) is 0.784. The topological polar surface area (TPSA) is 60.7 Å². The Morgan fingerprint density at radius 2 is 2.12 bits per heavy atom. The summed E-state index contributed by atoms with van der Waals surface area (Å²) in [6.07, 6.45) is 2.34. The largest absolute Gasteiger partial charge is 0.495 e. The fourth-order valence-corrected chi connectivity index (χ4v) is 3.23. The number of hydrogen-bond acceptors (Lipinski definition) is 4. The summed E-state index contributed by atoms with van der Waals surface area (Å²) in [6, 6.07) is 11.6. The van der Waals surface area contributed by atoms with Gasteiger partial charge < -0.3 is 19.2 Å². The molecule has 0 aliphatic carbocycles. The zero-order valence-electron chi connectivity index (χ0n) is 13.5. The minimum atomic E-state index is -0.0735. The van der Waals surface area contributed by atoms with Crippen LogP contribution in [-0.2, 0) is 9.53 Å². The van der Waals surface area contributed by atoms with Crippen LogP contribution >= 0.6 is 0 Å². The lowest BCUT2D eigenvalue weighted by atomic mass is 10.1. The molecule has 0 spiro atoms. The summed E-state index contributed by atoms with van der Waals surface area (Å²) in [5.41, 5.74) is 2.16. The lowest BCUT2D eigenvalue weighted by molar-refractivity contribution is -0.118. The van der Waals surface area contributed by atoms with E-state index in [1.54, 1.807) is 7.11 Å². The first-order chi connectivity index (χ1) is 11.7. The van der Waals surface area contributed by atoms with Crippen LogP contribution < -0.4 is 10.1 Å². The highest BCUT2D eigenvalue weighted by atomic mass is 16.5. The van der Waals surface area contributed by atoms with Gasteiger partial charge in [0.2, 0.25) is 5.91 Å². The number of nitrogens with one attached hydrogen (secondary N) is 1. The first-order valence-corrected chi connectivity index (χ1v) is 8.15. The number of amides is 1. The van der Waals surface area contributed by atoms with Crippen molar-refractivity contribution in [1.82, 2.24) is 0 Å². The average molecular weight is 325 g/mol. The summed E-state index contributed by atoms with van der Waals surface area (Å²) in [6.45, 7) is 0.742. The number of fused-ring (bicyclic) bond motifs is 3. The molecule has 1 aliphatic heterocycles. The van der Waals surface area contributed by atoms with Crippen molar-refractivity contribution in [2.45, 2.75) is 25.4 Å². The van der Waals surface area contributed by atoms with Gasteiger partial charge in [0.05, 0.1) is 25.3 Å². The Bertz CT molecular complexity index is 893. The van der Waals surface area contributed by atoms with Gasteiger partial charge in [-0.1, -0.05) is 18.2 Å². The van der Waals surface area contributed by atoms with Gasteiger partial charge in [-0.3, -0.25) is 4.79 Å². The summed E-state index contributed by atoms with van der Waals surface area (Å²) in [7, 11) is 1.60. The van der Waals surface area contributed by atoms with E-state index in [9.17, 15) is 4.79 Å². The first kappa shape index (κ1) is 15.0. The van der Waals surface area contributed by atoms with Crippen LogP contribution in [0, 0.1) is 0 Å². The lowest BCUT2D eigenvalue weighted by Gasteiger charge is -2.12. The van der Waals surface area contributed by atoms with Gasteiger partial charge in [-0.15, -0.1) is 0 Å². The zero-order valence-corrected chi connectivity index (χ0v) is 13.5. The number of benzene rings is 2. The summed E-state index contributed by atoms with van der Waals surface area (Å²) >= 11 is 0. The summed E-state index contributed by atoms with van der Waals surface area (Å²) in [5, 5.41) is 4.92. The number of furan rings is 1. The third-order valence-corrected chi connectivity index (χ3v) is 4.41. The van der Waals surface area contributed by atoms with E-state index in [0.29, 0.717) is 17.9 Å². The van der Waals surface area contributed by atoms with E-state index in [4.69, 9.17) is 13.9 Å². The molecule has 1 atom stereocenters. The predicted octanol–water partition coefficient (Wildman–Crippen LogP) is 4.10. The molecule has 0 radical (unpaired) electrons. The molecule has 2 heterocycles. The van der Waals surface area contributed by atoms with Crippen molar-refractivity contribution in [2.24, 2.45) is 0 Å². The van der Waals surface area contributed by atoms with Crippen LogP contribution in [-0.4, -0.2) is 25.7 Å². The molecule has 0 unspecified atom stereocenters. The molecule has 1 aromatic heterocycles. The molecule has 124 valence electrons. The van der Waals surface area contributed by atoms with Crippen LogP contribution in [0.15, 0.2) is 40.8 Å². The predicted molar refractivity (Wildman–Crippen MR) is 92.5 cm³/mol. The third kappa shape index (κ3) is 2.71. The molecule has 4 rings (SSSR count). The van der Waals surface area contributed by atoms with Gasteiger partial charge >= 0.3 is 0 Å². The van der Waals surface area contributed by atoms with Crippen LogP contribution in [0.4, 0.5) is 5.69 Å². The fraction of sp³-hybridized carbons (Fsp3) is 0.316. The Morgan fingerprint density at radius 1 is 1.25 bits per heavy atom. The van der Waals surface area contributed by atoms with Gasteiger partial charge in [0.25, 0.3) is 0 Å². The Labute approximate surface area is 139 Å². The van der Waals surface area contributed by atoms with Crippen LogP contribution in [0.1, 0.15) is 19.3 Å². The Kier molecular flexibility index (Phi) is 3.86. The maximum atomic E-state index is 12.3. The number of methoxy groups -OCH3 is 1.